The molecule has 30 heavy (non-hydrogen) atoms. The number of carbonyl (C=O) groups is 1. The number of amides is 1. The van der Waals surface area contributed by atoms with Gasteiger partial charge in [0.25, 0.3) is 5.91 Å². The highest BCUT2D eigenvalue weighted by atomic mass is 16.5. The van der Waals surface area contributed by atoms with Crippen molar-refractivity contribution in [1.29, 1.82) is 0 Å². The van der Waals surface area contributed by atoms with Crippen LogP contribution >= 0.6 is 0 Å². The summed E-state index contributed by atoms with van der Waals surface area (Å²) in [5, 5.41) is 7.67. The average molecular weight is 407 g/mol. The highest BCUT2D eigenvalue weighted by Gasteiger charge is 2.27. The molecule has 1 aliphatic rings. The molecule has 1 fully saturated rings. The van der Waals surface area contributed by atoms with Crippen LogP contribution in [0.5, 0.6) is 0 Å². The third-order valence-electron chi connectivity index (χ3n) is 6.22. The molecule has 3 aromatic rings. The van der Waals surface area contributed by atoms with Gasteiger partial charge in [-0.1, -0.05) is 51.0 Å². The largest absolute Gasteiger partial charge is 0.379 e. The number of rotatable bonds is 5. The summed E-state index contributed by atoms with van der Waals surface area (Å²) in [6.45, 7) is 6.28. The number of ether oxygens (including phenoxy) is 1. The molecular formula is C24H30N4O2. The van der Waals surface area contributed by atoms with E-state index in [1.54, 1.807) is 17.8 Å². The van der Waals surface area contributed by atoms with Crippen molar-refractivity contribution in [2.45, 2.75) is 64.5 Å². The van der Waals surface area contributed by atoms with Gasteiger partial charge in [-0.2, -0.15) is 5.10 Å². The highest BCUT2D eigenvalue weighted by molar-refractivity contribution is 5.95. The Morgan fingerprint density at radius 2 is 1.90 bits per heavy atom. The van der Waals surface area contributed by atoms with E-state index in [9.17, 15) is 4.79 Å². The number of aromatic nitrogens is 3. The van der Waals surface area contributed by atoms with E-state index in [0.29, 0.717) is 11.5 Å². The minimum Gasteiger partial charge on any atom is -0.379 e. The molecule has 0 radical (unpaired) electrons. The number of carbonyl (C=O) groups excluding carboxylic acids is 1. The molecule has 0 aliphatic heterocycles. The Labute approximate surface area is 177 Å². The van der Waals surface area contributed by atoms with E-state index in [0.717, 1.165) is 48.2 Å². The number of fused-ring (bicyclic) bond motifs is 1. The smallest absolute Gasteiger partial charge is 0.255 e. The van der Waals surface area contributed by atoms with Gasteiger partial charge in [0.2, 0.25) is 0 Å². The van der Waals surface area contributed by atoms with Gasteiger partial charge in [0.15, 0.2) is 5.65 Å². The van der Waals surface area contributed by atoms with Crippen LogP contribution in [-0.4, -0.2) is 39.8 Å². The molecule has 1 amide bonds. The zero-order chi connectivity index (χ0) is 21.3. The van der Waals surface area contributed by atoms with E-state index in [4.69, 9.17) is 4.74 Å². The lowest BCUT2D eigenvalue weighted by Gasteiger charge is -2.31. The quantitative estimate of drug-likeness (QED) is 0.677. The number of nitrogens with zero attached hydrogens (tertiary/aromatic N) is 3. The van der Waals surface area contributed by atoms with Crippen molar-refractivity contribution < 1.29 is 9.53 Å². The Morgan fingerprint density at radius 1 is 1.17 bits per heavy atom. The summed E-state index contributed by atoms with van der Waals surface area (Å²) in [6, 6.07) is 8.55. The molecule has 1 aliphatic carbocycles. The maximum atomic E-state index is 13.0. The van der Waals surface area contributed by atoms with Gasteiger partial charge in [-0.15, -0.1) is 0 Å². The highest BCUT2D eigenvalue weighted by Crippen LogP contribution is 2.27. The van der Waals surface area contributed by atoms with Crippen molar-refractivity contribution in [2.75, 3.05) is 7.11 Å². The van der Waals surface area contributed by atoms with Crippen molar-refractivity contribution >= 4 is 11.6 Å². The maximum absolute atomic E-state index is 13.0. The van der Waals surface area contributed by atoms with Crippen molar-refractivity contribution in [3.05, 3.63) is 53.5 Å². The van der Waals surface area contributed by atoms with E-state index in [-0.39, 0.29) is 18.1 Å². The van der Waals surface area contributed by atoms with Crippen LogP contribution in [0, 0.1) is 6.92 Å². The number of nitrogens with one attached hydrogen (secondary N) is 1. The molecule has 4 rings (SSSR count). The number of methoxy groups -OCH3 is 1. The van der Waals surface area contributed by atoms with Crippen LogP contribution < -0.4 is 5.32 Å². The minimum atomic E-state index is -0.116. The number of hydrogen-bond donors (Lipinski definition) is 1. The summed E-state index contributed by atoms with van der Waals surface area (Å²) in [5.74, 6) is 0.375. The SMILES string of the molecule is CO[C@H]1CCCC[C@@H]1NC(=O)c1cnc2c(-c3ccc(C(C)C)cc3)cnn2c1C. The molecule has 6 heteroatoms. The van der Waals surface area contributed by atoms with Gasteiger partial charge in [-0.05, 0) is 36.8 Å². The minimum absolute atomic E-state index is 0.0407. The second-order valence-electron chi connectivity index (χ2n) is 8.47. The fraction of sp³-hybridized carbons (Fsp3) is 0.458. The lowest BCUT2D eigenvalue weighted by molar-refractivity contribution is 0.0392. The fourth-order valence-corrected chi connectivity index (χ4v) is 4.31. The van der Waals surface area contributed by atoms with E-state index in [1.807, 2.05) is 13.1 Å². The first-order chi connectivity index (χ1) is 14.5. The zero-order valence-corrected chi connectivity index (χ0v) is 18.2. The lowest BCUT2D eigenvalue weighted by atomic mass is 9.92. The van der Waals surface area contributed by atoms with Crippen LogP contribution in [0.4, 0.5) is 0 Å². The third kappa shape index (κ3) is 3.84. The van der Waals surface area contributed by atoms with Gasteiger partial charge in [0.05, 0.1) is 29.6 Å². The van der Waals surface area contributed by atoms with Gasteiger partial charge in [0.1, 0.15) is 0 Å². The Balaban J connectivity index is 1.61. The predicted octanol–water partition coefficient (Wildman–Crippen LogP) is 4.52. The molecule has 0 bridgehead atoms. The standard InChI is InChI=1S/C24H30N4O2/c1-15(2)17-9-11-18(12-10-17)20-14-26-28-16(3)19(13-25-23(20)28)24(29)27-21-7-5-6-8-22(21)30-4/h9-15,21-22H,5-8H2,1-4H3,(H,27,29)/t21-,22-/m0/s1. The van der Waals surface area contributed by atoms with Crippen LogP contribution in [0.1, 0.15) is 67.1 Å². The summed E-state index contributed by atoms with van der Waals surface area (Å²) < 4.78 is 7.33. The molecule has 1 aromatic carbocycles. The first-order valence-electron chi connectivity index (χ1n) is 10.8. The average Bonchev–Trinajstić information content (AvgIpc) is 3.19. The summed E-state index contributed by atoms with van der Waals surface area (Å²) in [7, 11) is 1.72. The molecule has 6 nitrogen and oxygen atoms in total. The molecule has 0 spiro atoms. The normalized spacial score (nSPS) is 19.4. The number of aryl methyl sites for hydroxylation is 1. The van der Waals surface area contributed by atoms with Gasteiger partial charge in [-0.25, -0.2) is 9.50 Å². The lowest BCUT2D eigenvalue weighted by Crippen LogP contribution is -2.46. The molecule has 2 atom stereocenters. The van der Waals surface area contributed by atoms with Crippen LogP contribution in [0.25, 0.3) is 16.8 Å². The Bertz CT molecular complexity index is 1040. The van der Waals surface area contributed by atoms with E-state index in [2.05, 4.69) is 53.5 Å². The molecule has 0 saturated heterocycles. The monoisotopic (exact) mass is 406 g/mol. The predicted molar refractivity (Wildman–Crippen MR) is 118 cm³/mol. The molecule has 158 valence electrons. The zero-order valence-electron chi connectivity index (χ0n) is 18.2. The number of benzene rings is 1. The van der Waals surface area contributed by atoms with Crippen molar-refractivity contribution in [3.8, 4) is 11.1 Å². The topological polar surface area (TPSA) is 68.5 Å². The Kier molecular flexibility index (Phi) is 5.86. The molecule has 1 saturated carbocycles. The van der Waals surface area contributed by atoms with Crippen molar-refractivity contribution in [3.63, 3.8) is 0 Å². The molecule has 0 unspecified atom stereocenters. The second-order valence-corrected chi connectivity index (χ2v) is 8.47. The summed E-state index contributed by atoms with van der Waals surface area (Å²) in [6.07, 6.45) is 7.74. The van der Waals surface area contributed by atoms with Gasteiger partial charge < -0.3 is 10.1 Å². The molecule has 2 aromatic heterocycles. The van der Waals surface area contributed by atoms with Crippen LogP contribution in [0.15, 0.2) is 36.7 Å². The molecule has 2 heterocycles. The van der Waals surface area contributed by atoms with Crippen LogP contribution in [-0.2, 0) is 4.74 Å². The summed E-state index contributed by atoms with van der Waals surface area (Å²) >= 11 is 0. The maximum Gasteiger partial charge on any atom is 0.255 e. The van der Waals surface area contributed by atoms with E-state index in [1.165, 1.54) is 5.56 Å². The number of hydrogen-bond acceptors (Lipinski definition) is 4. The Morgan fingerprint density at radius 3 is 2.60 bits per heavy atom. The van der Waals surface area contributed by atoms with Crippen molar-refractivity contribution in [2.24, 2.45) is 0 Å². The first kappa shape index (κ1) is 20.5. The van der Waals surface area contributed by atoms with E-state index >= 15 is 0 Å². The second kappa shape index (κ2) is 8.56. The first-order valence-corrected chi connectivity index (χ1v) is 10.8. The van der Waals surface area contributed by atoms with Gasteiger partial charge in [-0.3, -0.25) is 4.79 Å². The van der Waals surface area contributed by atoms with Crippen molar-refractivity contribution in [1.82, 2.24) is 19.9 Å². The Hall–Kier alpha value is -2.73. The summed E-state index contributed by atoms with van der Waals surface area (Å²) in [5.41, 5.74) is 5.43. The molecular weight excluding hydrogens is 376 g/mol. The van der Waals surface area contributed by atoms with Crippen LogP contribution in [0.3, 0.4) is 0 Å². The summed E-state index contributed by atoms with van der Waals surface area (Å²) in [4.78, 5) is 17.6. The molecule has 1 N–H and O–H groups in total. The van der Waals surface area contributed by atoms with Gasteiger partial charge >= 0.3 is 0 Å². The fourth-order valence-electron chi connectivity index (χ4n) is 4.31. The van der Waals surface area contributed by atoms with Crippen LogP contribution in [0.2, 0.25) is 0 Å². The third-order valence-corrected chi connectivity index (χ3v) is 6.22. The van der Waals surface area contributed by atoms with Gasteiger partial charge in [0, 0.05) is 18.9 Å². The van der Waals surface area contributed by atoms with E-state index < -0.39 is 0 Å².